The smallest absolute Gasteiger partial charge is 0.255 e. The van der Waals surface area contributed by atoms with Crippen molar-refractivity contribution in [2.24, 2.45) is 0 Å². The summed E-state index contributed by atoms with van der Waals surface area (Å²) in [7, 11) is 1.50. The molecule has 7 rings (SSSR count). The lowest BCUT2D eigenvalue weighted by molar-refractivity contribution is -0.150. The molecule has 3 aliphatic heterocycles. The van der Waals surface area contributed by atoms with Crippen LogP contribution in [-0.4, -0.2) is 106 Å². The van der Waals surface area contributed by atoms with E-state index in [1.165, 1.54) is 38.3 Å². The summed E-state index contributed by atoms with van der Waals surface area (Å²) in [4.78, 5) is 68.0. The largest absolute Gasteiger partial charge is 0.387 e. The molecular formula is C45H58ClN7O5. The van der Waals surface area contributed by atoms with Gasteiger partial charge in [0.1, 0.15) is 18.2 Å². The van der Waals surface area contributed by atoms with E-state index in [-0.39, 0.29) is 41.9 Å². The second kappa shape index (κ2) is 19.1. The fourth-order valence-corrected chi connectivity index (χ4v) is 9.45. The number of unbranched alkanes of at least 4 members (excludes halogenated alkanes) is 7. The zero-order valence-corrected chi connectivity index (χ0v) is 34.8. The molecular weight excluding hydrogens is 754 g/mol. The molecule has 58 heavy (non-hydrogen) atoms. The summed E-state index contributed by atoms with van der Waals surface area (Å²) >= 11 is 6.22. The maximum atomic E-state index is 14.0. The number of likely N-dealkylation sites (N-methyl/N-ethyl adjacent to an activating group) is 1. The molecule has 4 atom stereocenters. The number of rotatable bonds is 17. The maximum absolute atomic E-state index is 14.0. The van der Waals surface area contributed by atoms with Crippen LogP contribution in [0.3, 0.4) is 0 Å². The first-order valence-electron chi connectivity index (χ1n) is 21.4. The van der Waals surface area contributed by atoms with E-state index in [1.807, 2.05) is 41.3 Å². The number of aliphatic hydroxyl groups is 1. The first-order valence-corrected chi connectivity index (χ1v) is 21.7. The van der Waals surface area contributed by atoms with E-state index in [0.717, 1.165) is 71.8 Å². The Hall–Kier alpha value is -4.39. The number of piperazine rings is 1. The van der Waals surface area contributed by atoms with E-state index in [1.54, 1.807) is 11.2 Å². The van der Waals surface area contributed by atoms with Crippen LogP contribution < -0.4 is 10.2 Å². The molecule has 2 aromatic carbocycles. The number of carbonyl (C=O) groups is 4. The van der Waals surface area contributed by atoms with E-state index in [9.17, 15) is 24.3 Å². The van der Waals surface area contributed by atoms with E-state index < -0.39 is 12.1 Å². The summed E-state index contributed by atoms with van der Waals surface area (Å²) < 4.78 is 0. The number of imide groups is 1. The van der Waals surface area contributed by atoms with E-state index in [4.69, 9.17) is 11.6 Å². The number of nitrogens with zero attached hydrogens (tertiary/aromatic N) is 6. The fraction of sp³-hybridized carbons (Fsp3) is 0.556. The summed E-state index contributed by atoms with van der Waals surface area (Å²) in [6.45, 7) is 6.57. The predicted octanol–water partition coefficient (Wildman–Crippen LogP) is 6.16. The molecule has 4 amide bonds. The molecule has 4 aliphatic rings. The molecule has 0 spiro atoms. The molecule has 3 aromatic rings. The SMILES string of the molecule is C[C@@H]1C[C@@H](O)c2ncnc(N3CCN(C(=O)C(CNCCCCCCCCCCc4cccc5c4CN(C4CCC(=O)N(C)C4=O)C5=O)c4ccc(Cl)cc4)CC3)c21. The minimum atomic E-state index is -0.570. The minimum Gasteiger partial charge on any atom is -0.387 e. The van der Waals surface area contributed by atoms with E-state index in [0.29, 0.717) is 62.7 Å². The number of carbonyl (C=O) groups excluding carboxylic acids is 4. The normalized spacial score (nSPS) is 21.2. The highest BCUT2D eigenvalue weighted by Crippen LogP contribution is 2.43. The molecule has 0 radical (unpaired) electrons. The van der Waals surface area contributed by atoms with Gasteiger partial charge in [-0.15, -0.1) is 0 Å². The van der Waals surface area contributed by atoms with Crippen molar-refractivity contribution >= 4 is 41.0 Å². The highest BCUT2D eigenvalue weighted by Gasteiger charge is 2.42. The second-order valence-corrected chi connectivity index (χ2v) is 17.0. The molecule has 13 heteroatoms. The van der Waals surface area contributed by atoms with Crippen molar-refractivity contribution in [2.75, 3.05) is 51.2 Å². The molecule has 2 N–H and O–H groups in total. The average Bonchev–Trinajstić information content (AvgIpc) is 3.73. The van der Waals surface area contributed by atoms with Gasteiger partial charge in [0, 0.05) is 68.9 Å². The topological polar surface area (TPSA) is 139 Å². The van der Waals surface area contributed by atoms with Gasteiger partial charge < -0.3 is 25.1 Å². The number of fused-ring (bicyclic) bond motifs is 2. The van der Waals surface area contributed by atoms with Crippen LogP contribution >= 0.6 is 11.6 Å². The van der Waals surface area contributed by atoms with Crippen LogP contribution in [0.15, 0.2) is 48.8 Å². The Morgan fingerprint density at radius 2 is 1.64 bits per heavy atom. The van der Waals surface area contributed by atoms with Crippen molar-refractivity contribution < 1.29 is 24.3 Å². The summed E-state index contributed by atoms with van der Waals surface area (Å²) in [6, 6.07) is 13.0. The van der Waals surface area contributed by atoms with Gasteiger partial charge in [-0.2, -0.15) is 0 Å². The minimum absolute atomic E-state index is 0.103. The number of amides is 4. The standard InChI is InChI=1S/C45H58ClN7O5/c1-30-26-38(54)41-40(30)42(49-29-48-41)51-22-24-52(25-23-51)43(56)35(32-15-17-33(46)18-16-32)27-47-21-10-8-6-4-3-5-7-9-12-31-13-11-14-34-36(31)28-53(44(34)57)37-19-20-39(55)50(2)45(37)58/h11,13-18,29-30,35,37-38,47,54H,3-10,12,19-28H2,1-2H3/t30-,35?,37?,38-/m1/s1. The third-order valence-electron chi connectivity index (χ3n) is 12.7. The number of aliphatic hydroxyl groups excluding tert-OH is 1. The van der Waals surface area contributed by atoms with Gasteiger partial charge in [0.25, 0.3) is 11.8 Å². The van der Waals surface area contributed by atoms with Crippen molar-refractivity contribution in [2.45, 2.75) is 114 Å². The summed E-state index contributed by atoms with van der Waals surface area (Å²) in [5.41, 5.74) is 5.67. The molecule has 12 nitrogen and oxygen atoms in total. The van der Waals surface area contributed by atoms with Crippen molar-refractivity contribution in [3.05, 3.63) is 87.3 Å². The first kappa shape index (κ1) is 41.8. The quantitative estimate of drug-likeness (QED) is 0.121. The Kier molecular flexibility index (Phi) is 13.8. The number of hydrogen-bond donors (Lipinski definition) is 2. The molecule has 1 aliphatic carbocycles. The summed E-state index contributed by atoms with van der Waals surface area (Å²) in [5, 5.41) is 14.7. The highest BCUT2D eigenvalue weighted by molar-refractivity contribution is 6.30. The Morgan fingerprint density at radius 1 is 0.931 bits per heavy atom. The summed E-state index contributed by atoms with van der Waals surface area (Å²) in [6.07, 6.45) is 12.4. The van der Waals surface area contributed by atoms with Crippen molar-refractivity contribution in [1.82, 2.24) is 30.0 Å². The number of anilines is 1. The van der Waals surface area contributed by atoms with Crippen LogP contribution in [0.5, 0.6) is 0 Å². The van der Waals surface area contributed by atoms with Crippen LogP contribution in [0.1, 0.15) is 134 Å². The third kappa shape index (κ3) is 9.24. The maximum Gasteiger partial charge on any atom is 0.255 e. The zero-order chi connectivity index (χ0) is 40.8. The van der Waals surface area contributed by atoms with Crippen LogP contribution in [0.2, 0.25) is 5.02 Å². The molecule has 0 saturated carbocycles. The molecule has 4 heterocycles. The number of piperidine rings is 1. The van der Waals surface area contributed by atoms with Crippen LogP contribution in [0.4, 0.5) is 5.82 Å². The molecule has 2 unspecified atom stereocenters. The first-order chi connectivity index (χ1) is 28.1. The third-order valence-corrected chi connectivity index (χ3v) is 13.0. The lowest BCUT2D eigenvalue weighted by atomic mass is 9.96. The van der Waals surface area contributed by atoms with E-state index in [2.05, 4.69) is 33.2 Å². The Balaban J connectivity index is 0.792. The fourth-order valence-electron chi connectivity index (χ4n) is 9.32. The lowest BCUT2D eigenvalue weighted by Crippen LogP contribution is -2.53. The predicted molar refractivity (Wildman–Crippen MR) is 224 cm³/mol. The van der Waals surface area contributed by atoms with Gasteiger partial charge in [0.15, 0.2) is 0 Å². The lowest BCUT2D eigenvalue weighted by Gasteiger charge is -2.38. The van der Waals surface area contributed by atoms with Crippen molar-refractivity contribution in [3.63, 3.8) is 0 Å². The highest BCUT2D eigenvalue weighted by atomic mass is 35.5. The van der Waals surface area contributed by atoms with Gasteiger partial charge >= 0.3 is 0 Å². The van der Waals surface area contributed by atoms with Gasteiger partial charge in [-0.25, -0.2) is 9.97 Å². The van der Waals surface area contributed by atoms with Crippen LogP contribution in [0.25, 0.3) is 0 Å². The molecule has 1 aromatic heterocycles. The van der Waals surface area contributed by atoms with E-state index >= 15 is 0 Å². The number of aromatic nitrogens is 2. The second-order valence-electron chi connectivity index (χ2n) is 16.6. The number of aryl methyl sites for hydroxylation is 1. The number of benzene rings is 2. The Morgan fingerprint density at radius 3 is 2.38 bits per heavy atom. The number of hydrogen-bond acceptors (Lipinski definition) is 9. The number of likely N-dealkylation sites (tertiary alicyclic amines) is 1. The van der Waals surface area contributed by atoms with Gasteiger partial charge in [-0.1, -0.05) is 81.3 Å². The zero-order valence-electron chi connectivity index (χ0n) is 34.0. The van der Waals surface area contributed by atoms with Gasteiger partial charge in [0.2, 0.25) is 11.8 Å². The number of halogens is 1. The van der Waals surface area contributed by atoms with Gasteiger partial charge in [-0.3, -0.25) is 24.1 Å². The van der Waals surface area contributed by atoms with Crippen LogP contribution in [-0.2, 0) is 27.3 Å². The monoisotopic (exact) mass is 811 g/mol. The Labute approximate surface area is 347 Å². The molecule has 2 saturated heterocycles. The molecule has 0 bridgehead atoms. The van der Waals surface area contributed by atoms with Gasteiger partial charge in [0.05, 0.1) is 17.7 Å². The molecule has 310 valence electrons. The Bertz CT molecular complexity index is 1950. The average molecular weight is 812 g/mol. The number of nitrogens with one attached hydrogen (secondary N) is 1. The van der Waals surface area contributed by atoms with Crippen molar-refractivity contribution in [3.8, 4) is 0 Å². The van der Waals surface area contributed by atoms with Crippen molar-refractivity contribution in [1.29, 1.82) is 0 Å². The molecule has 2 fully saturated rings. The van der Waals surface area contributed by atoms with Gasteiger partial charge in [-0.05, 0) is 79.5 Å². The summed E-state index contributed by atoms with van der Waals surface area (Å²) in [5.74, 6) is 0.343. The van der Waals surface area contributed by atoms with Crippen LogP contribution in [0, 0.1) is 0 Å².